The van der Waals surface area contributed by atoms with Gasteiger partial charge in [0, 0.05) is 6.54 Å². The fourth-order valence-electron chi connectivity index (χ4n) is 3.77. The van der Waals surface area contributed by atoms with Crippen molar-refractivity contribution in [2.24, 2.45) is 17.8 Å². The van der Waals surface area contributed by atoms with Crippen molar-refractivity contribution in [2.75, 3.05) is 11.9 Å². The van der Waals surface area contributed by atoms with E-state index in [0.29, 0.717) is 0 Å². The van der Waals surface area contributed by atoms with Crippen LogP contribution in [0.15, 0.2) is 17.8 Å². The number of nitrogens with one attached hydrogen (secondary N) is 1. The van der Waals surface area contributed by atoms with E-state index in [1.165, 1.54) is 30.4 Å². The molecule has 2 aromatic rings. The molecule has 0 radical (unpaired) electrons. The van der Waals surface area contributed by atoms with E-state index in [-0.39, 0.29) is 0 Å². The molecule has 4 heteroatoms. The van der Waals surface area contributed by atoms with Gasteiger partial charge in [0.15, 0.2) is 0 Å². The maximum atomic E-state index is 4.39. The molecule has 2 aromatic heterocycles. The minimum atomic E-state index is 0.869. The largest absolute Gasteiger partial charge is 0.368 e. The first-order valence-electron chi connectivity index (χ1n) is 6.82. The number of anilines is 1. The molecule has 0 amide bonds. The predicted octanol–water partition coefficient (Wildman–Crippen LogP) is 3.54. The molecule has 0 saturated heterocycles. The van der Waals surface area contributed by atoms with Crippen molar-refractivity contribution in [2.45, 2.75) is 25.7 Å². The molecule has 2 fully saturated rings. The Balaban J connectivity index is 1.50. The van der Waals surface area contributed by atoms with Crippen LogP contribution in [0.5, 0.6) is 0 Å². The quantitative estimate of drug-likeness (QED) is 0.916. The zero-order valence-electron chi connectivity index (χ0n) is 10.3. The fraction of sp³-hybridized carbons (Fsp3) is 0.571. The van der Waals surface area contributed by atoms with Crippen molar-refractivity contribution < 1.29 is 0 Å². The number of nitrogens with zero attached hydrogens (tertiary/aromatic N) is 2. The number of fused-ring (bicyclic) bond motifs is 3. The molecule has 2 saturated carbocycles. The molecule has 3 atom stereocenters. The summed E-state index contributed by atoms with van der Waals surface area (Å²) in [5.74, 6) is 3.89. The SMILES string of the molecule is c1nc(NCC2CC3CCC2C3)c2sccc2n1. The van der Waals surface area contributed by atoms with Crippen LogP contribution in [0.4, 0.5) is 5.82 Å². The van der Waals surface area contributed by atoms with Gasteiger partial charge in [0.1, 0.15) is 12.1 Å². The highest BCUT2D eigenvalue weighted by Gasteiger charge is 2.39. The lowest BCUT2D eigenvalue weighted by molar-refractivity contribution is 0.348. The van der Waals surface area contributed by atoms with Crippen molar-refractivity contribution in [1.29, 1.82) is 0 Å². The number of hydrogen-bond acceptors (Lipinski definition) is 4. The second-order valence-electron chi connectivity index (χ2n) is 5.67. The first kappa shape index (κ1) is 10.7. The van der Waals surface area contributed by atoms with Gasteiger partial charge in [-0.2, -0.15) is 0 Å². The summed E-state index contributed by atoms with van der Waals surface area (Å²) in [7, 11) is 0. The molecule has 4 rings (SSSR count). The predicted molar refractivity (Wildman–Crippen MR) is 74.8 cm³/mol. The van der Waals surface area contributed by atoms with Crippen molar-refractivity contribution in [3.8, 4) is 0 Å². The Bertz CT molecular complexity index is 565. The van der Waals surface area contributed by atoms with Gasteiger partial charge in [-0.1, -0.05) is 6.42 Å². The number of thiophene rings is 1. The normalized spacial score (nSPS) is 30.1. The van der Waals surface area contributed by atoms with Gasteiger partial charge < -0.3 is 5.32 Å². The standard InChI is InChI=1S/C14H17N3S/c1-2-10-5-9(1)6-11(10)7-15-14-13-12(3-4-18-13)16-8-17-14/h3-4,8-11H,1-2,5-7H2,(H,15,16,17). The molecule has 0 aliphatic heterocycles. The lowest BCUT2D eigenvalue weighted by Crippen LogP contribution is -2.20. The van der Waals surface area contributed by atoms with Crippen LogP contribution in [0.25, 0.3) is 10.2 Å². The van der Waals surface area contributed by atoms with E-state index in [4.69, 9.17) is 0 Å². The number of aromatic nitrogens is 2. The van der Waals surface area contributed by atoms with Crippen molar-refractivity contribution >= 4 is 27.4 Å². The first-order valence-corrected chi connectivity index (χ1v) is 7.70. The summed E-state index contributed by atoms with van der Waals surface area (Å²) in [6, 6.07) is 2.06. The molecule has 0 spiro atoms. The summed E-state index contributed by atoms with van der Waals surface area (Å²) in [5, 5.41) is 5.65. The molecule has 94 valence electrons. The van der Waals surface area contributed by atoms with Crippen LogP contribution < -0.4 is 5.32 Å². The average molecular weight is 259 g/mol. The third kappa shape index (κ3) is 1.70. The van der Waals surface area contributed by atoms with Crippen molar-refractivity contribution in [1.82, 2.24) is 9.97 Å². The molecule has 2 heterocycles. The van der Waals surface area contributed by atoms with Gasteiger partial charge >= 0.3 is 0 Å². The summed E-state index contributed by atoms with van der Waals surface area (Å²) in [5.41, 5.74) is 1.06. The Morgan fingerprint density at radius 3 is 3.11 bits per heavy atom. The van der Waals surface area contributed by atoms with E-state index in [1.807, 2.05) is 0 Å². The highest BCUT2D eigenvalue weighted by atomic mass is 32.1. The van der Waals surface area contributed by atoms with E-state index in [1.54, 1.807) is 17.7 Å². The van der Waals surface area contributed by atoms with E-state index < -0.39 is 0 Å². The Labute approximate surface area is 111 Å². The van der Waals surface area contributed by atoms with Crippen molar-refractivity contribution in [3.05, 3.63) is 17.8 Å². The molecular weight excluding hydrogens is 242 g/mol. The van der Waals surface area contributed by atoms with Gasteiger partial charge in [0.05, 0.1) is 10.2 Å². The Morgan fingerprint density at radius 2 is 2.28 bits per heavy atom. The monoisotopic (exact) mass is 259 g/mol. The Hall–Kier alpha value is -1.16. The van der Waals surface area contributed by atoms with Crippen LogP contribution in [-0.4, -0.2) is 16.5 Å². The second-order valence-corrected chi connectivity index (χ2v) is 6.59. The maximum absolute atomic E-state index is 4.39. The topological polar surface area (TPSA) is 37.8 Å². The van der Waals surface area contributed by atoms with Gasteiger partial charge in [-0.15, -0.1) is 11.3 Å². The van der Waals surface area contributed by atoms with Gasteiger partial charge in [0.2, 0.25) is 0 Å². The number of hydrogen-bond donors (Lipinski definition) is 1. The zero-order chi connectivity index (χ0) is 11.9. The third-order valence-corrected chi connectivity index (χ3v) is 5.57. The van der Waals surface area contributed by atoms with Crippen molar-refractivity contribution in [3.63, 3.8) is 0 Å². The van der Waals surface area contributed by atoms with Gasteiger partial charge in [-0.25, -0.2) is 9.97 Å². The lowest BCUT2D eigenvalue weighted by Gasteiger charge is -2.22. The molecular formula is C14H17N3S. The van der Waals surface area contributed by atoms with Gasteiger partial charge in [-0.3, -0.25) is 0 Å². The minimum Gasteiger partial charge on any atom is -0.368 e. The Kier molecular flexibility index (Phi) is 2.50. The molecule has 0 aromatic carbocycles. The Morgan fingerprint density at radius 1 is 1.28 bits per heavy atom. The number of rotatable bonds is 3. The zero-order valence-corrected chi connectivity index (χ0v) is 11.1. The summed E-state index contributed by atoms with van der Waals surface area (Å²) in [4.78, 5) is 8.67. The highest BCUT2D eigenvalue weighted by Crippen LogP contribution is 2.48. The summed E-state index contributed by atoms with van der Waals surface area (Å²) >= 11 is 1.72. The molecule has 2 bridgehead atoms. The molecule has 3 nitrogen and oxygen atoms in total. The van der Waals surface area contributed by atoms with Crippen LogP contribution >= 0.6 is 11.3 Å². The van der Waals surface area contributed by atoms with Gasteiger partial charge in [0.25, 0.3) is 0 Å². The van der Waals surface area contributed by atoms with E-state index in [0.717, 1.165) is 35.6 Å². The fourth-order valence-corrected chi connectivity index (χ4v) is 4.58. The molecule has 1 N–H and O–H groups in total. The minimum absolute atomic E-state index is 0.869. The third-order valence-electron chi connectivity index (χ3n) is 4.66. The maximum Gasteiger partial charge on any atom is 0.147 e. The molecule has 18 heavy (non-hydrogen) atoms. The van der Waals surface area contributed by atoms with E-state index >= 15 is 0 Å². The van der Waals surface area contributed by atoms with E-state index in [2.05, 4.69) is 26.7 Å². The summed E-state index contributed by atoms with van der Waals surface area (Å²) in [6.07, 6.45) is 7.50. The van der Waals surface area contributed by atoms with Crippen LogP contribution in [0, 0.1) is 17.8 Å². The first-order chi connectivity index (χ1) is 8.90. The highest BCUT2D eigenvalue weighted by molar-refractivity contribution is 7.17. The molecule has 3 unspecified atom stereocenters. The second kappa shape index (κ2) is 4.19. The summed E-state index contributed by atoms with van der Waals surface area (Å²) < 4.78 is 1.20. The van der Waals surface area contributed by atoms with E-state index in [9.17, 15) is 0 Å². The average Bonchev–Trinajstić information content (AvgIpc) is 3.11. The summed E-state index contributed by atoms with van der Waals surface area (Å²) in [6.45, 7) is 1.09. The molecule has 2 aliphatic carbocycles. The van der Waals surface area contributed by atoms with Crippen LogP contribution in [0.3, 0.4) is 0 Å². The molecule has 2 aliphatic rings. The smallest absolute Gasteiger partial charge is 0.147 e. The van der Waals surface area contributed by atoms with Crippen LogP contribution in [0.2, 0.25) is 0 Å². The van der Waals surface area contributed by atoms with Crippen LogP contribution in [-0.2, 0) is 0 Å². The lowest BCUT2D eigenvalue weighted by atomic mass is 9.89. The van der Waals surface area contributed by atoms with Crippen LogP contribution in [0.1, 0.15) is 25.7 Å². The van der Waals surface area contributed by atoms with Gasteiger partial charge in [-0.05, 0) is 48.5 Å².